The van der Waals surface area contributed by atoms with Crippen molar-refractivity contribution in [1.82, 2.24) is 5.32 Å². The first kappa shape index (κ1) is 16.7. The molecule has 122 valence electrons. The summed E-state index contributed by atoms with van der Waals surface area (Å²) in [6.07, 6.45) is 0.541. The minimum absolute atomic E-state index is 0.0624. The maximum atomic E-state index is 12.1. The zero-order chi connectivity index (χ0) is 16.0. The number of hydrogen-bond acceptors (Lipinski definition) is 5. The van der Waals surface area contributed by atoms with Gasteiger partial charge in [0, 0.05) is 12.2 Å². The molecule has 22 heavy (non-hydrogen) atoms. The first-order valence-electron chi connectivity index (χ1n) is 7.23. The molecule has 0 spiro atoms. The molecule has 8 heteroatoms. The van der Waals surface area contributed by atoms with Gasteiger partial charge in [0.2, 0.25) is 15.9 Å². The molecular formula is C14H21N3O4S. The quantitative estimate of drug-likeness (QED) is 0.717. The van der Waals surface area contributed by atoms with Crippen LogP contribution in [0.3, 0.4) is 0 Å². The van der Waals surface area contributed by atoms with Crippen molar-refractivity contribution in [2.75, 3.05) is 35.6 Å². The number of nitrogens with one attached hydrogen (secondary N) is 3. The van der Waals surface area contributed by atoms with Gasteiger partial charge in [-0.3, -0.25) is 9.52 Å². The van der Waals surface area contributed by atoms with Crippen molar-refractivity contribution in [1.29, 1.82) is 0 Å². The number of amides is 1. The minimum Gasteiger partial charge on any atom is -0.378 e. The molecule has 1 fully saturated rings. The van der Waals surface area contributed by atoms with E-state index in [1.54, 1.807) is 31.2 Å². The number of anilines is 2. The van der Waals surface area contributed by atoms with Crippen molar-refractivity contribution in [3.05, 3.63) is 24.3 Å². The van der Waals surface area contributed by atoms with E-state index in [1.165, 1.54) is 0 Å². The van der Waals surface area contributed by atoms with Crippen LogP contribution < -0.4 is 15.4 Å². The third-order valence-corrected chi connectivity index (χ3v) is 4.61. The lowest BCUT2D eigenvalue weighted by molar-refractivity contribution is -0.120. The van der Waals surface area contributed by atoms with Crippen LogP contribution in [0.25, 0.3) is 0 Å². The van der Waals surface area contributed by atoms with Gasteiger partial charge in [-0.25, -0.2) is 8.42 Å². The van der Waals surface area contributed by atoms with Crippen LogP contribution in [-0.2, 0) is 19.6 Å². The molecule has 1 heterocycles. The molecule has 1 amide bonds. The van der Waals surface area contributed by atoms with E-state index in [-0.39, 0.29) is 11.7 Å². The third kappa shape index (κ3) is 4.97. The molecule has 1 aliphatic heterocycles. The summed E-state index contributed by atoms with van der Waals surface area (Å²) < 4.78 is 31.2. The molecule has 2 rings (SSSR count). The highest BCUT2D eigenvalue weighted by Gasteiger charge is 2.21. The Morgan fingerprint density at radius 2 is 2.18 bits per heavy atom. The lowest BCUT2D eigenvalue weighted by Crippen LogP contribution is -2.48. The Labute approximate surface area is 130 Å². The summed E-state index contributed by atoms with van der Waals surface area (Å²) in [5, 5.41) is 5.81. The fourth-order valence-electron chi connectivity index (χ4n) is 2.12. The van der Waals surface area contributed by atoms with Gasteiger partial charge in [-0.1, -0.05) is 13.0 Å². The van der Waals surface area contributed by atoms with Crippen LogP contribution in [0.5, 0.6) is 0 Å². The molecule has 1 aromatic rings. The minimum atomic E-state index is -3.35. The van der Waals surface area contributed by atoms with Crippen molar-refractivity contribution < 1.29 is 17.9 Å². The fraction of sp³-hybridized carbons (Fsp3) is 0.500. The van der Waals surface area contributed by atoms with E-state index >= 15 is 0 Å². The molecule has 1 atom stereocenters. The van der Waals surface area contributed by atoms with Crippen LogP contribution in [0.4, 0.5) is 11.4 Å². The summed E-state index contributed by atoms with van der Waals surface area (Å²) >= 11 is 0. The molecule has 0 aromatic heterocycles. The summed E-state index contributed by atoms with van der Waals surface area (Å²) in [6.45, 7) is 3.36. The molecule has 0 saturated carbocycles. The molecule has 1 saturated heterocycles. The van der Waals surface area contributed by atoms with Gasteiger partial charge in [-0.15, -0.1) is 0 Å². The van der Waals surface area contributed by atoms with Gasteiger partial charge >= 0.3 is 0 Å². The van der Waals surface area contributed by atoms with Crippen molar-refractivity contribution in [3.63, 3.8) is 0 Å². The molecule has 1 aromatic carbocycles. The molecule has 7 nitrogen and oxygen atoms in total. The Balaban J connectivity index is 2.00. The normalized spacial score (nSPS) is 18.7. The molecule has 0 radical (unpaired) electrons. The monoisotopic (exact) mass is 327 g/mol. The van der Waals surface area contributed by atoms with Gasteiger partial charge < -0.3 is 15.4 Å². The number of morpholine rings is 1. The zero-order valence-corrected chi connectivity index (χ0v) is 13.3. The average Bonchev–Trinajstić information content (AvgIpc) is 2.48. The summed E-state index contributed by atoms with van der Waals surface area (Å²) in [7, 11) is -3.35. The van der Waals surface area contributed by atoms with Gasteiger partial charge in [0.15, 0.2) is 0 Å². The van der Waals surface area contributed by atoms with Gasteiger partial charge in [0.1, 0.15) is 6.04 Å². The van der Waals surface area contributed by atoms with E-state index < -0.39 is 16.1 Å². The molecule has 3 N–H and O–H groups in total. The molecule has 1 unspecified atom stereocenters. The Bertz CT molecular complexity index is 612. The van der Waals surface area contributed by atoms with Crippen LogP contribution in [-0.4, -0.2) is 45.9 Å². The van der Waals surface area contributed by atoms with Gasteiger partial charge in [0.05, 0.1) is 24.7 Å². The zero-order valence-electron chi connectivity index (χ0n) is 12.5. The van der Waals surface area contributed by atoms with E-state index in [4.69, 9.17) is 4.74 Å². The maximum absolute atomic E-state index is 12.1. The topological polar surface area (TPSA) is 96.5 Å². The number of hydrogen-bond donors (Lipinski definition) is 3. The third-order valence-electron chi connectivity index (χ3n) is 3.11. The number of sulfonamides is 1. The van der Waals surface area contributed by atoms with Crippen molar-refractivity contribution in [2.45, 2.75) is 19.4 Å². The van der Waals surface area contributed by atoms with Crippen LogP contribution in [0, 0.1) is 0 Å². The van der Waals surface area contributed by atoms with E-state index in [2.05, 4.69) is 15.4 Å². The second kappa shape index (κ2) is 7.57. The lowest BCUT2D eigenvalue weighted by Gasteiger charge is -2.23. The van der Waals surface area contributed by atoms with Gasteiger partial charge in [-0.05, 0) is 24.6 Å². The summed E-state index contributed by atoms with van der Waals surface area (Å²) in [4.78, 5) is 12.1. The number of rotatable bonds is 6. The largest absolute Gasteiger partial charge is 0.378 e. The molecular weight excluding hydrogens is 306 g/mol. The number of benzene rings is 1. The molecule has 0 aliphatic carbocycles. The van der Waals surface area contributed by atoms with Crippen LogP contribution in [0.1, 0.15) is 13.3 Å². The Morgan fingerprint density at radius 1 is 1.41 bits per heavy atom. The van der Waals surface area contributed by atoms with E-state index in [9.17, 15) is 13.2 Å². The maximum Gasteiger partial charge on any atom is 0.243 e. The SMILES string of the molecule is CCCS(=O)(=O)Nc1cccc(NC(=O)C2COCCN2)c1. The van der Waals surface area contributed by atoms with Crippen molar-refractivity contribution in [2.24, 2.45) is 0 Å². The van der Waals surface area contributed by atoms with E-state index in [1.807, 2.05) is 0 Å². The van der Waals surface area contributed by atoms with Gasteiger partial charge in [0.25, 0.3) is 0 Å². The molecule has 1 aliphatic rings. The lowest BCUT2D eigenvalue weighted by atomic mass is 10.2. The first-order valence-corrected chi connectivity index (χ1v) is 8.88. The molecule has 0 bridgehead atoms. The summed E-state index contributed by atoms with van der Waals surface area (Å²) in [5.41, 5.74) is 0.966. The Kier molecular flexibility index (Phi) is 5.76. The van der Waals surface area contributed by atoms with Gasteiger partial charge in [-0.2, -0.15) is 0 Å². The summed E-state index contributed by atoms with van der Waals surface area (Å²) in [5.74, 6) is -0.138. The number of ether oxygens (including phenoxy) is 1. The highest BCUT2D eigenvalue weighted by Crippen LogP contribution is 2.17. The second-order valence-electron chi connectivity index (χ2n) is 5.07. The van der Waals surface area contributed by atoms with Crippen molar-refractivity contribution >= 4 is 27.3 Å². The Hall–Kier alpha value is -1.64. The number of carbonyl (C=O) groups is 1. The number of carbonyl (C=O) groups excluding carboxylic acids is 1. The van der Waals surface area contributed by atoms with Crippen LogP contribution in [0.2, 0.25) is 0 Å². The highest BCUT2D eigenvalue weighted by atomic mass is 32.2. The van der Waals surface area contributed by atoms with Crippen molar-refractivity contribution in [3.8, 4) is 0 Å². The first-order chi connectivity index (χ1) is 10.5. The fourth-order valence-corrected chi connectivity index (χ4v) is 3.25. The predicted octanol–water partition coefficient (Wildman–Crippen LogP) is 0.765. The van der Waals surface area contributed by atoms with E-state index in [0.29, 0.717) is 37.6 Å². The summed E-state index contributed by atoms with van der Waals surface area (Å²) in [6, 6.07) is 6.23. The standard InChI is InChI=1S/C14H21N3O4S/c1-2-8-22(19,20)17-12-5-3-4-11(9-12)16-14(18)13-10-21-7-6-15-13/h3-5,9,13,15,17H,2,6-8,10H2,1H3,(H,16,18). The Morgan fingerprint density at radius 3 is 2.86 bits per heavy atom. The van der Waals surface area contributed by atoms with Crippen LogP contribution in [0.15, 0.2) is 24.3 Å². The van der Waals surface area contributed by atoms with E-state index in [0.717, 1.165) is 0 Å². The predicted molar refractivity (Wildman–Crippen MR) is 85.4 cm³/mol. The average molecular weight is 327 g/mol. The smallest absolute Gasteiger partial charge is 0.243 e. The van der Waals surface area contributed by atoms with Crippen LogP contribution >= 0.6 is 0 Å². The highest BCUT2D eigenvalue weighted by molar-refractivity contribution is 7.92. The second-order valence-corrected chi connectivity index (χ2v) is 6.91.